The van der Waals surface area contributed by atoms with Crippen molar-refractivity contribution in [3.63, 3.8) is 0 Å². The van der Waals surface area contributed by atoms with E-state index in [-0.39, 0.29) is 18.4 Å². The molecule has 2 aliphatic rings. The SMILES string of the molecule is O=C(O)CC1(NC(=O)c2ccc(OCC3CCCO3)cc2)CCOCC1. The lowest BCUT2D eigenvalue weighted by atomic mass is 9.86. The Morgan fingerprint density at radius 1 is 1.19 bits per heavy atom. The number of aliphatic carboxylic acids is 1. The number of carbonyl (C=O) groups is 2. The molecule has 3 rings (SSSR count). The van der Waals surface area contributed by atoms with Gasteiger partial charge in [0.15, 0.2) is 0 Å². The van der Waals surface area contributed by atoms with Gasteiger partial charge in [0.2, 0.25) is 0 Å². The van der Waals surface area contributed by atoms with Crippen molar-refractivity contribution in [2.24, 2.45) is 0 Å². The number of ether oxygens (including phenoxy) is 3. The Morgan fingerprint density at radius 3 is 2.54 bits per heavy atom. The van der Waals surface area contributed by atoms with E-state index < -0.39 is 11.5 Å². The molecule has 1 unspecified atom stereocenters. The minimum atomic E-state index is -0.926. The van der Waals surface area contributed by atoms with Crippen molar-refractivity contribution in [2.45, 2.75) is 43.7 Å². The molecule has 0 aliphatic carbocycles. The molecule has 7 heteroatoms. The lowest BCUT2D eigenvalue weighted by molar-refractivity contribution is -0.139. The summed E-state index contributed by atoms with van der Waals surface area (Å²) in [6, 6.07) is 6.87. The Morgan fingerprint density at radius 2 is 1.92 bits per heavy atom. The van der Waals surface area contributed by atoms with Gasteiger partial charge < -0.3 is 24.6 Å². The molecule has 0 bridgehead atoms. The van der Waals surface area contributed by atoms with Crippen LogP contribution in [-0.2, 0) is 14.3 Å². The summed E-state index contributed by atoms with van der Waals surface area (Å²) in [6.45, 7) is 2.19. The van der Waals surface area contributed by atoms with E-state index in [0.717, 1.165) is 19.4 Å². The molecule has 2 heterocycles. The van der Waals surface area contributed by atoms with Gasteiger partial charge in [-0.1, -0.05) is 0 Å². The summed E-state index contributed by atoms with van der Waals surface area (Å²) in [5.41, 5.74) is -0.276. The molecule has 2 fully saturated rings. The van der Waals surface area contributed by atoms with Gasteiger partial charge in [-0.05, 0) is 49.9 Å². The maximum absolute atomic E-state index is 12.6. The predicted molar refractivity (Wildman–Crippen MR) is 93.4 cm³/mol. The minimum Gasteiger partial charge on any atom is -0.491 e. The van der Waals surface area contributed by atoms with E-state index in [0.29, 0.717) is 44.0 Å². The van der Waals surface area contributed by atoms with Gasteiger partial charge in [-0.2, -0.15) is 0 Å². The average molecular weight is 363 g/mol. The van der Waals surface area contributed by atoms with E-state index in [4.69, 9.17) is 14.2 Å². The maximum atomic E-state index is 12.6. The second kappa shape index (κ2) is 8.51. The molecule has 2 saturated heterocycles. The first kappa shape index (κ1) is 18.7. The van der Waals surface area contributed by atoms with Crippen molar-refractivity contribution < 1.29 is 28.9 Å². The third kappa shape index (κ3) is 4.95. The molecule has 7 nitrogen and oxygen atoms in total. The van der Waals surface area contributed by atoms with Crippen LogP contribution < -0.4 is 10.1 Å². The molecule has 1 amide bonds. The Labute approximate surface area is 152 Å². The van der Waals surface area contributed by atoms with E-state index in [1.807, 2.05) is 0 Å². The molecule has 26 heavy (non-hydrogen) atoms. The quantitative estimate of drug-likeness (QED) is 0.769. The third-order valence-corrected chi connectivity index (χ3v) is 4.89. The number of nitrogens with one attached hydrogen (secondary N) is 1. The highest BCUT2D eigenvalue weighted by Crippen LogP contribution is 2.25. The number of hydrogen-bond acceptors (Lipinski definition) is 5. The first-order valence-corrected chi connectivity index (χ1v) is 9.03. The fourth-order valence-electron chi connectivity index (χ4n) is 3.38. The molecule has 0 radical (unpaired) electrons. The second-order valence-electron chi connectivity index (χ2n) is 6.89. The summed E-state index contributed by atoms with van der Waals surface area (Å²) in [5, 5.41) is 12.1. The van der Waals surface area contributed by atoms with E-state index >= 15 is 0 Å². The Kier molecular flexibility index (Phi) is 6.11. The van der Waals surface area contributed by atoms with Crippen molar-refractivity contribution in [1.82, 2.24) is 5.32 Å². The van der Waals surface area contributed by atoms with Crippen LogP contribution in [0.2, 0.25) is 0 Å². The molecule has 1 atom stereocenters. The van der Waals surface area contributed by atoms with Crippen molar-refractivity contribution in [1.29, 1.82) is 0 Å². The van der Waals surface area contributed by atoms with Crippen LogP contribution in [0.1, 0.15) is 42.5 Å². The zero-order chi connectivity index (χ0) is 18.4. The van der Waals surface area contributed by atoms with Gasteiger partial charge in [-0.25, -0.2) is 0 Å². The number of carboxylic acids is 1. The number of amides is 1. The summed E-state index contributed by atoms with van der Waals surface area (Å²) >= 11 is 0. The van der Waals surface area contributed by atoms with Gasteiger partial charge in [-0.3, -0.25) is 9.59 Å². The molecule has 1 aromatic carbocycles. The summed E-state index contributed by atoms with van der Waals surface area (Å²) in [4.78, 5) is 23.8. The van der Waals surface area contributed by atoms with Gasteiger partial charge >= 0.3 is 5.97 Å². The van der Waals surface area contributed by atoms with Crippen LogP contribution in [0.3, 0.4) is 0 Å². The molecule has 0 spiro atoms. The van der Waals surface area contributed by atoms with Crippen LogP contribution in [0.15, 0.2) is 24.3 Å². The lowest BCUT2D eigenvalue weighted by Crippen LogP contribution is -2.53. The monoisotopic (exact) mass is 363 g/mol. The molecule has 0 aromatic heterocycles. The van der Waals surface area contributed by atoms with E-state index in [1.165, 1.54) is 0 Å². The van der Waals surface area contributed by atoms with Crippen LogP contribution in [0.4, 0.5) is 0 Å². The van der Waals surface area contributed by atoms with Gasteiger partial charge in [0.05, 0.1) is 18.1 Å². The standard InChI is InChI=1S/C19H25NO6/c21-17(22)12-19(7-10-24-11-8-19)20-18(23)14-3-5-15(6-4-14)26-13-16-2-1-9-25-16/h3-6,16H,1-2,7-13H2,(H,20,23)(H,21,22). The average Bonchev–Trinajstić information content (AvgIpc) is 3.14. The normalized spacial score (nSPS) is 21.9. The van der Waals surface area contributed by atoms with Gasteiger partial charge in [0.1, 0.15) is 12.4 Å². The van der Waals surface area contributed by atoms with Crippen molar-refractivity contribution >= 4 is 11.9 Å². The largest absolute Gasteiger partial charge is 0.491 e. The number of benzene rings is 1. The van der Waals surface area contributed by atoms with Gasteiger partial charge in [0.25, 0.3) is 5.91 Å². The van der Waals surface area contributed by atoms with Crippen molar-refractivity contribution in [3.8, 4) is 5.75 Å². The number of rotatable bonds is 7. The second-order valence-corrected chi connectivity index (χ2v) is 6.89. The maximum Gasteiger partial charge on any atom is 0.305 e. The molecule has 142 valence electrons. The fourth-order valence-corrected chi connectivity index (χ4v) is 3.38. The highest BCUT2D eigenvalue weighted by Gasteiger charge is 2.36. The van der Waals surface area contributed by atoms with Crippen LogP contribution in [0.5, 0.6) is 5.75 Å². The van der Waals surface area contributed by atoms with Gasteiger partial charge in [0, 0.05) is 25.4 Å². The summed E-state index contributed by atoms with van der Waals surface area (Å²) in [5.74, 6) is -0.521. The van der Waals surface area contributed by atoms with Crippen molar-refractivity contribution in [3.05, 3.63) is 29.8 Å². The number of carbonyl (C=O) groups excluding carboxylic acids is 1. The van der Waals surface area contributed by atoms with Crippen LogP contribution in [0.25, 0.3) is 0 Å². The van der Waals surface area contributed by atoms with Crippen LogP contribution in [-0.4, -0.2) is 55.1 Å². The summed E-state index contributed by atoms with van der Waals surface area (Å²) in [6.07, 6.45) is 3.10. The molecule has 1 aromatic rings. The Balaban J connectivity index is 1.58. The van der Waals surface area contributed by atoms with Crippen molar-refractivity contribution in [2.75, 3.05) is 26.4 Å². The summed E-state index contributed by atoms with van der Waals surface area (Å²) < 4.78 is 16.5. The predicted octanol–water partition coefficient (Wildman–Crippen LogP) is 2.00. The Bertz CT molecular complexity index is 617. The molecular formula is C19H25NO6. The number of carboxylic acid groups (broad SMARTS) is 1. The highest BCUT2D eigenvalue weighted by molar-refractivity contribution is 5.95. The zero-order valence-electron chi connectivity index (χ0n) is 14.7. The van der Waals surface area contributed by atoms with E-state index in [2.05, 4.69) is 5.32 Å². The lowest BCUT2D eigenvalue weighted by Gasteiger charge is -2.36. The molecule has 2 aliphatic heterocycles. The topological polar surface area (TPSA) is 94.1 Å². The molecule has 0 saturated carbocycles. The van der Waals surface area contributed by atoms with Crippen LogP contribution >= 0.6 is 0 Å². The van der Waals surface area contributed by atoms with E-state index in [1.54, 1.807) is 24.3 Å². The first-order valence-electron chi connectivity index (χ1n) is 9.03. The fraction of sp³-hybridized carbons (Fsp3) is 0.579. The highest BCUT2D eigenvalue weighted by atomic mass is 16.5. The molecular weight excluding hydrogens is 338 g/mol. The van der Waals surface area contributed by atoms with Crippen LogP contribution in [0, 0.1) is 0 Å². The zero-order valence-corrected chi connectivity index (χ0v) is 14.7. The summed E-state index contributed by atoms with van der Waals surface area (Å²) in [7, 11) is 0. The number of hydrogen-bond donors (Lipinski definition) is 2. The molecule has 2 N–H and O–H groups in total. The Hall–Kier alpha value is -2.12. The van der Waals surface area contributed by atoms with Gasteiger partial charge in [-0.15, -0.1) is 0 Å². The van der Waals surface area contributed by atoms with E-state index in [9.17, 15) is 14.7 Å². The first-order chi connectivity index (χ1) is 12.6. The third-order valence-electron chi connectivity index (χ3n) is 4.89. The smallest absolute Gasteiger partial charge is 0.305 e. The minimum absolute atomic E-state index is 0.106.